The van der Waals surface area contributed by atoms with Crippen LogP contribution in [0.2, 0.25) is 0 Å². The van der Waals surface area contributed by atoms with Gasteiger partial charge in [-0.3, -0.25) is 14.6 Å². The Labute approximate surface area is 140 Å². The van der Waals surface area contributed by atoms with Crippen molar-refractivity contribution in [2.24, 2.45) is 0 Å². The van der Waals surface area contributed by atoms with Crippen LogP contribution in [0.15, 0.2) is 54.9 Å². The zero-order valence-corrected chi connectivity index (χ0v) is 13.2. The molecule has 24 heavy (non-hydrogen) atoms. The van der Waals surface area contributed by atoms with Gasteiger partial charge in [-0.15, -0.1) is 0 Å². The van der Waals surface area contributed by atoms with Gasteiger partial charge in [-0.25, -0.2) is 0 Å². The maximum absolute atomic E-state index is 12.2. The average Bonchev–Trinajstić information content (AvgIpc) is 3.10. The minimum absolute atomic E-state index is 0.00896. The summed E-state index contributed by atoms with van der Waals surface area (Å²) in [7, 11) is 0. The summed E-state index contributed by atoms with van der Waals surface area (Å²) in [6.45, 7) is 1.14. The van der Waals surface area contributed by atoms with Crippen molar-refractivity contribution in [2.45, 2.75) is 12.5 Å². The molecule has 0 aliphatic carbocycles. The summed E-state index contributed by atoms with van der Waals surface area (Å²) in [4.78, 5) is 29.9. The van der Waals surface area contributed by atoms with Crippen LogP contribution in [0.4, 0.5) is 0 Å². The first-order chi connectivity index (χ1) is 11.7. The zero-order valence-electron chi connectivity index (χ0n) is 13.2. The molecule has 6 heteroatoms. The molecule has 1 aromatic heterocycles. The molecule has 124 valence electrons. The molecular formula is C18H19N3O3. The van der Waals surface area contributed by atoms with E-state index in [0.717, 1.165) is 6.42 Å². The molecule has 0 saturated carbocycles. The fourth-order valence-electron chi connectivity index (χ4n) is 2.63. The van der Waals surface area contributed by atoms with Crippen LogP contribution >= 0.6 is 0 Å². The second kappa shape index (κ2) is 7.59. The van der Waals surface area contributed by atoms with Gasteiger partial charge in [0.15, 0.2) is 6.61 Å². The molecule has 1 aliphatic rings. The minimum atomic E-state index is -0.141. The van der Waals surface area contributed by atoms with E-state index in [0.29, 0.717) is 24.4 Å². The number of ether oxygens (including phenoxy) is 1. The standard InChI is InChI=1S/C18H19N3O3/c22-17(13-24-16-4-2-1-3-5-16)21-11-8-15(12-21)20-18(23)14-6-9-19-10-7-14/h1-7,9-10,15H,8,11-13H2,(H,20,23)/t15-/m1/s1. The summed E-state index contributed by atoms with van der Waals surface area (Å²) >= 11 is 0. The zero-order chi connectivity index (χ0) is 16.8. The SMILES string of the molecule is O=C(N[C@@H]1CCN(C(=O)COc2ccccc2)C1)c1ccncc1. The predicted octanol–water partition coefficient (Wildman–Crippen LogP) is 1.49. The van der Waals surface area contributed by atoms with E-state index in [2.05, 4.69) is 10.3 Å². The maximum Gasteiger partial charge on any atom is 0.260 e. The third-order valence-corrected chi connectivity index (χ3v) is 3.92. The molecule has 0 radical (unpaired) electrons. The van der Waals surface area contributed by atoms with Gasteiger partial charge >= 0.3 is 0 Å². The van der Waals surface area contributed by atoms with Gasteiger partial charge in [0.25, 0.3) is 11.8 Å². The number of hydrogen-bond donors (Lipinski definition) is 1. The van der Waals surface area contributed by atoms with Gasteiger partial charge in [-0.1, -0.05) is 18.2 Å². The number of carbonyl (C=O) groups excluding carboxylic acids is 2. The van der Waals surface area contributed by atoms with E-state index in [1.807, 2.05) is 30.3 Å². The van der Waals surface area contributed by atoms with Crippen molar-refractivity contribution in [3.8, 4) is 5.75 Å². The summed E-state index contributed by atoms with van der Waals surface area (Å²) in [6.07, 6.45) is 3.91. The molecule has 2 heterocycles. The molecule has 0 bridgehead atoms. The van der Waals surface area contributed by atoms with Gasteiger partial charge in [-0.05, 0) is 30.7 Å². The summed E-state index contributed by atoms with van der Waals surface area (Å²) in [6, 6.07) is 12.5. The molecule has 3 rings (SSSR count). The van der Waals surface area contributed by atoms with Crippen LogP contribution in [-0.4, -0.2) is 47.4 Å². The fraction of sp³-hybridized carbons (Fsp3) is 0.278. The summed E-state index contributed by atoms with van der Waals surface area (Å²) < 4.78 is 5.48. The molecular weight excluding hydrogens is 306 g/mol. The Kier molecular flexibility index (Phi) is 5.05. The van der Waals surface area contributed by atoms with Crippen LogP contribution in [0.1, 0.15) is 16.8 Å². The van der Waals surface area contributed by atoms with Gasteiger partial charge in [0.1, 0.15) is 5.75 Å². The number of rotatable bonds is 5. The number of nitrogens with zero attached hydrogens (tertiary/aromatic N) is 2. The van der Waals surface area contributed by atoms with Crippen LogP contribution in [0.25, 0.3) is 0 Å². The lowest BCUT2D eigenvalue weighted by Gasteiger charge is -2.17. The molecule has 0 unspecified atom stereocenters. The van der Waals surface area contributed by atoms with E-state index < -0.39 is 0 Å². The Morgan fingerprint density at radius 1 is 1.17 bits per heavy atom. The topological polar surface area (TPSA) is 71.5 Å². The van der Waals surface area contributed by atoms with Crippen molar-refractivity contribution in [3.05, 3.63) is 60.4 Å². The molecule has 1 atom stereocenters. The van der Waals surface area contributed by atoms with E-state index >= 15 is 0 Å². The lowest BCUT2D eigenvalue weighted by molar-refractivity contribution is -0.132. The molecule has 2 amide bonds. The highest BCUT2D eigenvalue weighted by molar-refractivity contribution is 5.94. The summed E-state index contributed by atoms with van der Waals surface area (Å²) in [5.41, 5.74) is 0.571. The highest BCUT2D eigenvalue weighted by Gasteiger charge is 2.27. The second-order valence-electron chi connectivity index (χ2n) is 5.64. The van der Waals surface area contributed by atoms with Crippen molar-refractivity contribution < 1.29 is 14.3 Å². The van der Waals surface area contributed by atoms with E-state index in [1.165, 1.54) is 0 Å². The summed E-state index contributed by atoms with van der Waals surface area (Å²) in [5, 5.41) is 2.95. The Hall–Kier alpha value is -2.89. The molecule has 1 N–H and O–H groups in total. The largest absolute Gasteiger partial charge is 0.484 e. The number of amides is 2. The lowest BCUT2D eigenvalue weighted by Crippen LogP contribution is -2.39. The third-order valence-electron chi connectivity index (χ3n) is 3.92. The first-order valence-corrected chi connectivity index (χ1v) is 7.89. The van der Waals surface area contributed by atoms with Gasteiger partial charge in [0.05, 0.1) is 0 Å². The summed E-state index contributed by atoms with van der Waals surface area (Å²) in [5.74, 6) is 0.462. The van der Waals surface area contributed by atoms with Gasteiger partial charge in [0.2, 0.25) is 0 Å². The van der Waals surface area contributed by atoms with Crippen molar-refractivity contribution >= 4 is 11.8 Å². The van der Waals surface area contributed by atoms with Crippen molar-refractivity contribution in [2.75, 3.05) is 19.7 Å². The maximum atomic E-state index is 12.2. The van der Waals surface area contributed by atoms with Crippen LogP contribution in [0.5, 0.6) is 5.75 Å². The number of nitrogens with one attached hydrogen (secondary N) is 1. The normalized spacial score (nSPS) is 16.7. The van der Waals surface area contributed by atoms with Gasteiger partial charge in [0, 0.05) is 37.1 Å². The number of hydrogen-bond acceptors (Lipinski definition) is 4. The highest BCUT2D eigenvalue weighted by Crippen LogP contribution is 2.12. The molecule has 1 aliphatic heterocycles. The molecule has 1 saturated heterocycles. The minimum Gasteiger partial charge on any atom is -0.484 e. The third kappa shape index (κ3) is 4.10. The Balaban J connectivity index is 1.46. The van der Waals surface area contributed by atoms with E-state index in [1.54, 1.807) is 29.4 Å². The number of para-hydroxylation sites is 1. The van der Waals surface area contributed by atoms with Crippen molar-refractivity contribution in [1.82, 2.24) is 15.2 Å². The van der Waals surface area contributed by atoms with E-state index in [9.17, 15) is 9.59 Å². The quantitative estimate of drug-likeness (QED) is 0.904. The lowest BCUT2D eigenvalue weighted by atomic mass is 10.2. The fourth-order valence-corrected chi connectivity index (χ4v) is 2.63. The van der Waals surface area contributed by atoms with Crippen LogP contribution < -0.4 is 10.1 Å². The van der Waals surface area contributed by atoms with Crippen molar-refractivity contribution in [3.63, 3.8) is 0 Å². The van der Waals surface area contributed by atoms with Gasteiger partial charge < -0.3 is 15.0 Å². The van der Waals surface area contributed by atoms with Gasteiger partial charge in [-0.2, -0.15) is 0 Å². The number of benzene rings is 1. The van der Waals surface area contributed by atoms with E-state index in [4.69, 9.17) is 4.74 Å². The number of aromatic nitrogens is 1. The monoisotopic (exact) mass is 325 g/mol. The number of carbonyl (C=O) groups is 2. The number of pyridine rings is 1. The van der Waals surface area contributed by atoms with Crippen molar-refractivity contribution in [1.29, 1.82) is 0 Å². The van der Waals surface area contributed by atoms with Crippen LogP contribution in [-0.2, 0) is 4.79 Å². The average molecular weight is 325 g/mol. The molecule has 6 nitrogen and oxygen atoms in total. The smallest absolute Gasteiger partial charge is 0.260 e. The first kappa shape index (κ1) is 16.0. The predicted molar refractivity (Wildman–Crippen MR) is 88.6 cm³/mol. The highest BCUT2D eigenvalue weighted by atomic mass is 16.5. The Bertz CT molecular complexity index is 691. The molecule has 1 aromatic carbocycles. The molecule has 2 aromatic rings. The van der Waals surface area contributed by atoms with E-state index in [-0.39, 0.29) is 24.5 Å². The molecule has 1 fully saturated rings. The second-order valence-corrected chi connectivity index (χ2v) is 5.64. The number of likely N-dealkylation sites (tertiary alicyclic amines) is 1. The Morgan fingerprint density at radius 2 is 1.92 bits per heavy atom. The van der Waals surface area contributed by atoms with Crippen LogP contribution in [0, 0.1) is 0 Å². The Morgan fingerprint density at radius 3 is 2.67 bits per heavy atom. The first-order valence-electron chi connectivity index (χ1n) is 7.89. The van der Waals surface area contributed by atoms with Crippen LogP contribution in [0.3, 0.4) is 0 Å². The molecule has 0 spiro atoms.